The van der Waals surface area contributed by atoms with E-state index >= 15 is 0 Å². The highest BCUT2D eigenvalue weighted by atomic mass is 32.1. The topological polar surface area (TPSA) is 107 Å². The van der Waals surface area contributed by atoms with Crippen molar-refractivity contribution in [2.24, 2.45) is 0 Å². The molecule has 0 bridgehead atoms. The fraction of sp³-hybridized carbons (Fsp3) is 0.571. The number of carbonyl (C=O) groups is 2. The Bertz CT molecular complexity index is 932. The molecule has 31 heavy (non-hydrogen) atoms. The highest BCUT2D eigenvalue weighted by Gasteiger charge is 2.29. The largest absolute Gasteiger partial charge is 0.444 e. The lowest BCUT2D eigenvalue weighted by molar-refractivity contribution is -0.0585. The molecule has 1 aliphatic heterocycles. The second-order valence-corrected chi connectivity index (χ2v) is 9.69. The van der Waals surface area contributed by atoms with E-state index in [-0.39, 0.29) is 18.1 Å². The Morgan fingerprint density at radius 2 is 1.84 bits per heavy atom. The Kier molecular flexibility index (Phi) is 6.90. The van der Waals surface area contributed by atoms with E-state index in [2.05, 4.69) is 20.3 Å². The van der Waals surface area contributed by atoms with Crippen LogP contribution in [0.25, 0.3) is 10.7 Å². The summed E-state index contributed by atoms with van der Waals surface area (Å²) in [6, 6.07) is -0.456. The van der Waals surface area contributed by atoms with Gasteiger partial charge in [0, 0.05) is 25.5 Å². The minimum absolute atomic E-state index is 0.00790. The third kappa shape index (κ3) is 5.98. The standard InChI is InChI=1S/C21H29N5O4S/c1-12-10-26(11-13(2)29-12)19(27)15-9-24-18(31-15)17-16(22-7-8-23-17)14(3)25-20(28)30-21(4,5)6/h7-9,12-14H,10-11H2,1-6H3,(H,25,28)/t12-,13+,14-/m0/s1. The number of hydrogen-bond donors (Lipinski definition) is 1. The first kappa shape index (κ1) is 23.1. The van der Waals surface area contributed by atoms with Crippen molar-refractivity contribution in [3.8, 4) is 10.7 Å². The summed E-state index contributed by atoms with van der Waals surface area (Å²) in [5.41, 5.74) is 0.475. The fourth-order valence-corrected chi connectivity index (χ4v) is 4.25. The van der Waals surface area contributed by atoms with Crippen LogP contribution in [0.4, 0.5) is 4.79 Å². The van der Waals surface area contributed by atoms with Crippen molar-refractivity contribution in [3.05, 3.63) is 29.2 Å². The first-order valence-corrected chi connectivity index (χ1v) is 11.1. The summed E-state index contributed by atoms with van der Waals surface area (Å²) in [5, 5.41) is 3.35. The van der Waals surface area contributed by atoms with Gasteiger partial charge in [-0.05, 0) is 41.5 Å². The van der Waals surface area contributed by atoms with Crippen LogP contribution in [0.15, 0.2) is 18.6 Å². The molecule has 0 aliphatic carbocycles. The molecular weight excluding hydrogens is 418 g/mol. The number of carbonyl (C=O) groups excluding carboxylic acids is 2. The van der Waals surface area contributed by atoms with Crippen LogP contribution < -0.4 is 5.32 Å². The summed E-state index contributed by atoms with van der Waals surface area (Å²) in [7, 11) is 0. The third-order valence-corrected chi connectivity index (χ3v) is 5.49. The third-order valence-electron chi connectivity index (χ3n) is 4.50. The van der Waals surface area contributed by atoms with Gasteiger partial charge in [-0.25, -0.2) is 9.78 Å². The Balaban J connectivity index is 1.78. The lowest BCUT2D eigenvalue weighted by Gasteiger charge is -2.35. The molecular formula is C21H29N5O4S. The van der Waals surface area contributed by atoms with Gasteiger partial charge in [0.1, 0.15) is 21.2 Å². The Morgan fingerprint density at radius 1 is 1.19 bits per heavy atom. The zero-order valence-corrected chi connectivity index (χ0v) is 19.5. The van der Waals surface area contributed by atoms with E-state index in [9.17, 15) is 9.59 Å². The molecule has 2 aromatic rings. The average Bonchev–Trinajstić information content (AvgIpc) is 3.15. The number of ether oxygens (including phenoxy) is 2. The van der Waals surface area contributed by atoms with Crippen LogP contribution in [0.5, 0.6) is 0 Å². The van der Waals surface area contributed by atoms with Crippen LogP contribution in [-0.4, -0.2) is 62.8 Å². The Hall–Kier alpha value is -2.59. The van der Waals surface area contributed by atoms with Gasteiger partial charge in [0.2, 0.25) is 0 Å². The summed E-state index contributed by atoms with van der Waals surface area (Å²) in [6.45, 7) is 12.2. The number of thiazole rings is 1. The number of aromatic nitrogens is 3. The summed E-state index contributed by atoms with van der Waals surface area (Å²) >= 11 is 1.26. The molecule has 2 amide bonds. The maximum atomic E-state index is 13.0. The SMILES string of the molecule is C[C@@H]1CN(C(=O)c2cnc(-c3nccnc3[C@H](C)NC(=O)OC(C)(C)C)s2)C[C@H](C)O1. The summed E-state index contributed by atoms with van der Waals surface area (Å²) < 4.78 is 11.0. The molecule has 2 aromatic heterocycles. The lowest BCUT2D eigenvalue weighted by atomic mass is 10.2. The molecule has 1 aliphatic rings. The number of hydrogen-bond acceptors (Lipinski definition) is 8. The highest BCUT2D eigenvalue weighted by Crippen LogP contribution is 2.29. The van der Waals surface area contributed by atoms with Crippen LogP contribution >= 0.6 is 11.3 Å². The van der Waals surface area contributed by atoms with Gasteiger partial charge in [-0.2, -0.15) is 0 Å². The van der Waals surface area contributed by atoms with Gasteiger partial charge in [-0.15, -0.1) is 11.3 Å². The van der Waals surface area contributed by atoms with Gasteiger partial charge in [0.25, 0.3) is 5.91 Å². The second-order valence-electron chi connectivity index (χ2n) is 8.66. The smallest absolute Gasteiger partial charge is 0.408 e. The van der Waals surface area contributed by atoms with Crippen LogP contribution in [0.2, 0.25) is 0 Å². The van der Waals surface area contributed by atoms with E-state index in [1.54, 1.807) is 51.2 Å². The zero-order valence-electron chi connectivity index (χ0n) is 18.7. The van der Waals surface area contributed by atoms with E-state index < -0.39 is 17.7 Å². The second kappa shape index (κ2) is 9.27. The number of alkyl carbamates (subject to hydrolysis) is 1. The van der Waals surface area contributed by atoms with Gasteiger partial charge in [0.15, 0.2) is 0 Å². The number of amides is 2. The molecule has 168 valence electrons. The molecule has 1 saturated heterocycles. The molecule has 1 fully saturated rings. The van der Waals surface area contributed by atoms with Crippen LogP contribution in [0.1, 0.15) is 62.9 Å². The fourth-order valence-electron chi connectivity index (χ4n) is 3.37. The number of nitrogens with zero attached hydrogens (tertiary/aromatic N) is 4. The summed E-state index contributed by atoms with van der Waals surface area (Å²) in [4.78, 5) is 40.7. The molecule has 0 unspecified atom stereocenters. The van der Waals surface area contributed by atoms with Gasteiger partial charge in [-0.3, -0.25) is 14.8 Å². The number of nitrogens with one attached hydrogen (secondary N) is 1. The summed E-state index contributed by atoms with van der Waals surface area (Å²) in [5.74, 6) is -0.0730. The molecule has 3 rings (SSSR count). The first-order chi connectivity index (χ1) is 14.5. The van der Waals surface area contributed by atoms with Crippen molar-refractivity contribution in [3.63, 3.8) is 0 Å². The van der Waals surface area contributed by atoms with Gasteiger partial charge >= 0.3 is 6.09 Å². The molecule has 9 nitrogen and oxygen atoms in total. The quantitative estimate of drug-likeness (QED) is 0.765. The van der Waals surface area contributed by atoms with Crippen molar-refractivity contribution < 1.29 is 19.1 Å². The molecule has 0 spiro atoms. The van der Waals surface area contributed by atoms with Crippen LogP contribution in [-0.2, 0) is 9.47 Å². The minimum atomic E-state index is -0.603. The molecule has 0 radical (unpaired) electrons. The average molecular weight is 448 g/mol. The molecule has 3 heterocycles. The maximum absolute atomic E-state index is 13.0. The number of morpholine rings is 1. The van der Waals surface area contributed by atoms with Crippen LogP contribution in [0, 0.1) is 0 Å². The predicted molar refractivity (Wildman–Crippen MR) is 117 cm³/mol. The van der Waals surface area contributed by atoms with Gasteiger partial charge in [-0.1, -0.05) is 0 Å². The maximum Gasteiger partial charge on any atom is 0.408 e. The van der Waals surface area contributed by atoms with E-state index in [0.717, 1.165) is 0 Å². The first-order valence-electron chi connectivity index (χ1n) is 10.2. The molecule has 1 N–H and O–H groups in total. The van der Waals surface area contributed by atoms with E-state index in [1.165, 1.54) is 11.3 Å². The summed E-state index contributed by atoms with van der Waals surface area (Å²) in [6.07, 6.45) is 4.13. The highest BCUT2D eigenvalue weighted by molar-refractivity contribution is 7.16. The predicted octanol–water partition coefficient (Wildman–Crippen LogP) is 3.44. The van der Waals surface area contributed by atoms with Crippen molar-refractivity contribution in [1.29, 1.82) is 0 Å². The Labute approximate surface area is 186 Å². The molecule has 3 atom stereocenters. The van der Waals surface area contributed by atoms with E-state index in [1.807, 2.05) is 13.8 Å². The van der Waals surface area contributed by atoms with Crippen molar-refractivity contribution in [1.82, 2.24) is 25.2 Å². The van der Waals surface area contributed by atoms with Crippen molar-refractivity contribution in [2.45, 2.75) is 65.4 Å². The van der Waals surface area contributed by atoms with Crippen molar-refractivity contribution in [2.75, 3.05) is 13.1 Å². The monoisotopic (exact) mass is 447 g/mol. The lowest BCUT2D eigenvalue weighted by Crippen LogP contribution is -2.48. The van der Waals surface area contributed by atoms with Crippen molar-refractivity contribution >= 4 is 23.3 Å². The van der Waals surface area contributed by atoms with E-state index in [0.29, 0.717) is 34.4 Å². The molecule has 10 heteroatoms. The van der Waals surface area contributed by atoms with Crippen LogP contribution in [0.3, 0.4) is 0 Å². The zero-order chi connectivity index (χ0) is 22.8. The normalized spacial score (nSPS) is 20.3. The number of rotatable bonds is 4. The van der Waals surface area contributed by atoms with Gasteiger partial charge < -0.3 is 19.7 Å². The van der Waals surface area contributed by atoms with Gasteiger partial charge in [0.05, 0.1) is 30.1 Å². The molecule has 0 aromatic carbocycles. The van der Waals surface area contributed by atoms with E-state index in [4.69, 9.17) is 9.47 Å². The molecule has 0 saturated carbocycles. The minimum Gasteiger partial charge on any atom is -0.444 e. The Morgan fingerprint density at radius 3 is 2.48 bits per heavy atom.